The Kier molecular flexibility index (Phi) is 6.78. The SMILES string of the molecule is CCC(C)(CNC(C)C)CN1CCC(N(C)C)CC1. The predicted molar refractivity (Wildman–Crippen MR) is 84.7 cm³/mol. The fraction of sp³-hybridized carbons (Fsp3) is 1.00. The first kappa shape index (κ1) is 16.9. The van der Waals surface area contributed by atoms with E-state index >= 15 is 0 Å². The highest BCUT2D eigenvalue weighted by Gasteiger charge is 2.28. The standard InChI is InChI=1S/C16H35N3/c1-7-16(4,12-17-14(2)3)13-19-10-8-15(9-11-19)18(5)6/h14-15,17H,7-13H2,1-6H3. The van der Waals surface area contributed by atoms with Crippen molar-refractivity contribution < 1.29 is 0 Å². The fourth-order valence-corrected chi connectivity index (χ4v) is 2.88. The van der Waals surface area contributed by atoms with Gasteiger partial charge < -0.3 is 15.1 Å². The first-order valence-corrected chi connectivity index (χ1v) is 7.98. The van der Waals surface area contributed by atoms with E-state index < -0.39 is 0 Å². The lowest BCUT2D eigenvalue weighted by atomic mass is 9.85. The number of likely N-dealkylation sites (tertiary alicyclic amines) is 1. The minimum absolute atomic E-state index is 0.412. The van der Waals surface area contributed by atoms with E-state index in [1.54, 1.807) is 0 Å². The molecule has 1 saturated heterocycles. The Labute approximate surface area is 120 Å². The zero-order chi connectivity index (χ0) is 14.5. The first-order chi connectivity index (χ1) is 8.86. The average molecular weight is 269 g/mol. The van der Waals surface area contributed by atoms with Crippen molar-refractivity contribution in [3.05, 3.63) is 0 Å². The number of hydrogen-bond donors (Lipinski definition) is 1. The predicted octanol–water partition coefficient (Wildman–Crippen LogP) is 2.43. The van der Waals surface area contributed by atoms with Gasteiger partial charge >= 0.3 is 0 Å². The molecule has 0 aromatic carbocycles. The topological polar surface area (TPSA) is 18.5 Å². The van der Waals surface area contributed by atoms with Crippen LogP contribution in [0, 0.1) is 5.41 Å². The molecule has 0 amide bonds. The van der Waals surface area contributed by atoms with Crippen LogP contribution < -0.4 is 5.32 Å². The maximum atomic E-state index is 3.62. The molecule has 1 aliphatic heterocycles. The van der Waals surface area contributed by atoms with E-state index in [1.165, 1.54) is 38.9 Å². The van der Waals surface area contributed by atoms with Crippen LogP contribution in [0.4, 0.5) is 0 Å². The number of nitrogens with zero attached hydrogens (tertiary/aromatic N) is 2. The lowest BCUT2D eigenvalue weighted by Gasteiger charge is -2.40. The van der Waals surface area contributed by atoms with Crippen LogP contribution in [-0.2, 0) is 0 Å². The van der Waals surface area contributed by atoms with E-state index in [0.717, 1.165) is 12.6 Å². The first-order valence-electron chi connectivity index (χ1n) is 7.98. The number of nitrogens with one attached hydrogen (secondary N) is 1. The van der Waals surface area contributed by atoms with Gasteiger partial charge in [-0.3, -0.25) is 0 Å². The molecule has 3 heteroatoms. The Morgan fingerprint density at radius 3 is 2.26 bits per heavy atom. The van der Waals surface area contributed by atoms with Crippen LogP contribution >= 0.6 is 0 Å². The summed E-state index contributed by atoms with van der Waals surface area (Å²) >= 11 is 0. The number of rotatable bonds is 7. The Balaban J connectivity index is 2.40. The minimum Gasteiger partial charge on any atom is -0.314 e. The summed E-state index contributed by atoms with van der Waals surface area (Å²) in [7, 11) is 4.42. The highest BCUT2D eigenvalue weighted by molar-refractivity contribution is 4.84. The molecular formula is C16H35N3. The van der Waals surface area contributed by atoms with Gasteiger partial charge in [-0.1, -0.05) is 27.7 Å². The molecule has 0 radical (unpaired) electrons. The van der Waals surface area contributed by atoms with Crippen molar-refractivity contribution in [3.8, 4) is 0 Å². The second kappa shape index (κ2) is 7.61. The molecule has 114 valence electrons. The molecule has 1 unspecified atom stereocenters. The Hall–Kier alpha value is -0.120. The molecule has 0 aromatic rings. The highest BCUT2D eigenvalue weighted by Crippen LogP contribution is 2.24. The molecule has 1 heterocycles. The van der Waals surface area contributed by atoms with Crippen molar-refractivity contribution >= 4 is 0 Å². The molecule has 0 saturated carbocycles. The summed E-state index contributed by atoms with van der Waals surface area (Å²) in [6, 6.07) is 1.38. The third-order valence-corrected chi connectivity index (χ3v) is 4.68. The zero-order valence-corrected chi connectivity index (χ0v) is 14.0. The van der Waals surface area contributed by atoms with Crippen molar-refractivity contribution in [2.75, 3.05) is 40.3 Å². The van der Waals surface area contributed by atoms with Gasteiger partial charge in [-0.25, -0.2) is 0 Å². The normalized spacial score (nSPS) is 22.1. The molecule has 0 spiro atoms. The molecular weight excluding hydrogens is 234 g/mol. The third kappa shape index (κ3) is 5.80. The fourth-order valence-electron chi connectivity index (χ4n) is 2.88. The maximum absolute atomic E-state index is 3.62. The van der Waals surface area contributed by atoms with Gasteiger partial charge in [0.25, 0.3) is 0 Å². The van der Waals surface area contributed by atoms with Gasteiger partial charge in [-0.2, -0.15) is 0 Å². The Morgan fingerprint density at radius 2 is 1.84 bits per heavy atom. The summed E-state index contributed by atoms with van der Waals surface area (Å²) in [5.41, 5.74) is 0.412. The molecule has 0 aromatic heterocycles. The second-order valence-electron chi connectivity index (χ2n) is 7.17. The van der Waals surface area contributed by atoms with Crippen LogP contribution in [0.25, 0.3) is 0 Å². The lowest BCUT2D eigenvalue weighted by molar-refractivity contribution is 0.0970. The summed E-state index contributed by atoms with van der Waals surface area (Å²) in [5.74, 6) is 0. The molecule has 19 heavy (non-hydrogen) atoms. The van der Waals surface area contributed by atoms with Crippen molar-refractivity contribution in [2.24, 2.45) is 5.41 Å². The number of hydrogen-bond acceptors (Lipinski definition) is 3. The molecule has 1 fully saturated rings. The summed E-state index contributed by atoms with van der Waals surface area (Å²) in [6.45, 7) is 14.1. The lowest BCUT2D eigenvalue weighted by Crippen LogP contribution is -2.48. The van der Waals surface area contributed by atoms with Gasteiger partial charge in [0.05, 0.1) is 0 Å². The van der Waals surface area contributed by atoms with Gasteiger partial charge in [0.15, 0.2) is 0 Å². The van der Waals surface area contributed by atoms with E-state index in [-0.39, 0.29) is 0 Å². The van der Waals surface area contributed by atoms with Crippen LogP contribution in [0.3, 0.4) is 0 Å². The van der Waals surface area contributed by atoms with E-state index in [9.17, 15) is 0 Å². The number of piperidine rings is 1. The largest absolute Gasteiger partial charge is 0.314 e. The van der Waals surface area contributed by atoms with Crippen LogP contribution in [0.5, 0.6) is 0 Å². The van der Waals surface area contributed by atoms with Gasteiger partial charge in [-0.05, 0) is 51.9 Å². The molecule has 1 atom stereocenters. The van der Waals surface area contributed by atoms with Crippen LogP contribution in [0.15, 0.2) is 0 Å². The van der Waals surface area contributed by atoms with E-state index in [1.807, 2.05) is 0 Å². The zero-order valence-electron chi connectivity index (χ0n) is 14.0. The molecule has 0 bridgehead atoms. The molecule has 1 rings (SSSR count). The molecule has 1 N–H and O–H groups in total. The average Bonchev–Trinajstić information content (AvgIpc) is 2.37. The van der Waals surface area contributed by atoms with Crippen LogP contribution in [-0.4, -0.2) is 62.2 Å². The Bertz CT molecular complexity index is 244. The Morgan fingerprint density at radius 1 is 1.26 bits per heavy atom. The second-order valence-corrected chi connectivity index (χ2v) is 7.17. The van der Waals surface area contributed by atoms with Crippen molar-refractivity contribution in [1.29, 1.82) is 0 Å². The van der Waals surface area contributed by atoms with Crippen LogP contribution in [0.2, 0.25) is 0 Å². The summed E-state index contributed by atoms with van der Waals surface area (Å²) in [4.78, 5) is 5.06. The quantitative estimate of drug-likeness (QED) is 0.766. The summed E-state index contributed by atoms with van der Waals surface area (Å²) < 4.78 is 0. The maximum Gasteiger partial charge on any atom is 0.0113 e. The van der Waals surface area contributed by atoms with Gasteiger partial charge in [0.1, 0.15) is 0 Å². The molecule has 3 nitrogen and oxygen atoms in total. The van der Waals surface area contributed by atoms with Gasteiger partial charge in [0, 0.05) is 25.2 Å². The summed E-state index contributed by atoms with van der Waals surface area (Å²) in [6.07, 6.45) is 3.90. The highest BCUT2D eigenvalue weighted by atomic mass is 15.2. The van der Waals surface area contributed by atoms with Crippen LogP contribution in [0.1, 0.15) is 47.0 Å². The van der Waals surface area contributed by atoms with Crippen molar-refractivity contribution in [2.45, 2.75) is 59.0 Å². The van der Waals surface area contributed by atoms with Gasteiger partial charge in [-0.15, -0.1) is 0 Å². The van der Waals surface area contributed by atoms with Crippen molar-refractivity contribution in [1.82, 2.24) is 15.1 Å². The smallest absolute Gasteiger partial charge is 0.0113 e. The van der Waals surface area contributed by atoms with E-state index in [2.05, 4.69) is 56.9 Å². The van der Waals surface area contributed by atoms with Crippen molar-refractivity contribution in [3.63, 3.8) is 0 Å². The molecule has 0 aliphatic carbocycles. The van der Waals surface area contributed by atoms with E-state index in [4.69, 9.17) is 0 Å². The monoisotopic (exact) mass is 269 g/mol. The van der Waals surface area contributed by atoms with E-state index in [0.29, 0.717) is 11.5 Å². The van der Waals surface area contributed by atoms with Gasteiger partial charge in [0.2, 0.25) is 0 Å². The molecule has 1 aliphatic rings. The summed E-state index contributed by atoms with van der Waals surface area (Å²) in [5, 5.41) is 3.62. The third-order valence-electron chi connectivity index (χ3n) is 4.68. The minimum atomic E-state index is 0.412.